The Balaban J connectivity index is 2.43. The van der Waals surface area contributed by atoms with Crippen LogP contribution in [0.4, 0.5) is 0 Å². The molecule has 3 nitrogen and oxygen atoms in total. The summed E-state index contributed by atoms with van der Waals surface area (Å²) in [5.41, 5.74) is 9.86. The lowest BCUT2D eigenvalue weighted by molar-refractivity contribution is 0.538. The van der Waals surface area contributed by atoms with Crippen molar-refractivity contribution in [3.8, 4) is 0 Å². The van der Waals surface area contributed by atoms with E-state index in [1.54, 1.807) is 0 Å². The summed E-state index contributed by atoms with van der Waals surface area (Å²) in [6.07, 6.45) is 3.67. The highest BCUT2D eigenvalue weighted by Crippen LogP contribution is 2.31. The van der Waals surface area contributed by atoms with Gasteiger partial charge in [-0.25, -0.2) is 0 Å². The van der Waals surface area contributed by atoms with Crippen molar-refractivity contribution in [2.24, 2.45) is 5.73 Å². The number of rotatable bonds is 2. The maximum atomic E-state index is 5.77. The van der Waals surface area contributed by atoms with Crippen molar-refractivity contribution >= 4 is 0 Å². The number of hydrogen-bond acceptors (Lipinski definition) is 2. The summed E-state index contributed by atoms with van der Waals surface area (Å²) in [6, 6.07) is 0. The summed E-state index contributed by atoms with van der Waals surface area (Å²) in [7, 11) is 0. The first kappa shape index (κ1) is 9.71. The number of hydrogen-bond donors (Lipinski definition) is 1. The van der Waals surface area contributed by atoms with Gasteiger partial charge < -0.3 is 5.73 Å². The molecule has 14 heavy (non-hydrogen) atoms. The molecule has 0 amide bonds. The molecule has 78 valence electrons. The third-order valence-corrected chi connectivity index (χ3v) is 3.31. The lowest BCUT2D eigenvalue weighted by atomic mass is 9.87. The molecule has 1 heterocycles. The highest BCUT2D eigenvalue weighted by Gasteiger charge is 2.24. The predicted molar refractivity (Wildman–Crippen MR) is 57.4 cm³/mol. The minimum atomic E-state index is 0.505. The van der Waals surface area contributed by atoms with Crippen molar-refractivity contribution in [1.82, 2.24) is 9.78 Å². The molecule has 2 rings (SSSR count). The molecule has 0 saturated heterocycles. The van der Waals surface area contributed by atoms with Crippen molar-refractivity contribution in [3.05, 3.63) is 17.0 Å². The van der Waals surface area contributed by atoms with Crippen LogP contribution in [0.1, 0.15) is 42.6 Å². The Bertz CT molecular complexity index is 328. The zero-order valence-electron chi connectivity index (χ0n) is 9.08. The third-order valence-electron chi connectivity index (χ3n) is 3.31. The number of aryl methyl sites for hydroxylation is 1. The molecule has 0 aliphatic heterocycles. The van der Waals surface area contributed by atoms with E-state index in [-0.39, 0.29) is 0 Å². The molecular formula is C11H19N3. The molecule has 1 unspecified atom stereocenters. The highest BCUT2D eigenvalue weighted by molar-refractivity contribution is 5.30. The van der Waals surface area contributed by atoms with Gasteiger partial charge in [-0.2, -0.15) is 5.10 Å². The lowest BCUT2D eigenvalue weighted by Crippen LogP contribution is -2.18. The van der Waals surface area contributed by atoms with Crippen molar-refractivity contribution in [2.75, 3.05) is 6.54 Å². The quantitative estimate of drug-likeness (QED) is 0.775. The maximum absolute atomic E-state index is 5.77. The van der Waals surface area contributed by atoms with E-state index < -0.39 is 0 Å². The van der Waals surface area contributed by atoms with E-state index in [2.05, 4.69) is 23.6 Å². The normalized spacial score (nSPS) is 20.9. The van der Waals surface area contributed by atoms with Crippen LogP contribution in [0.15, 0.2) is 0 Å². The topological polar surface area (TPSA) is 43.8 Å². The zero-order chi connectivity index (χ0) is 10.1. The standard InChI is InChI=1S/C11H19N3/c1-3-14-8(2)10-6-4-5-9(7-12)11(10)13-14/h9H,3-7,12H2,1-2H3. The Morgan fingerprint density at radius 2 is 2.36 bits per heavy atom. The van der Waals surface area contributed by atoms with Crippen LogP contribution in [0.3, 0.4) is 0 Å². The van der Waals surface area contributed by atoms with E-state index in [4.69, 9.17) is 5.73 Å². The average Bonchev–Trinajstić information content (AvgIpc) is 2.55. The van der Waals surface area contributed by atoms with Crippen molar-refractivity contribution < 1.29 is 0 Å². The zero-order valence-corrected chi connectivity index (χ0v) is 9.08. The van der Waals surface area contributed by atoms with Gasteiger partial charge >= 0.3 is 0 Å². The lowest BCUT2D eigenvalue weighted by Gasteiger charge is -2.19. The Labute approximate surface area is 85.3 Å². The molecule has 2 N–H and O–H groups in total. The van der Waals surface area contributed by atoms with Gasteiger partial charge in [0, 0.05) is 24.7 Å². The van der Waals surface area contributed by atoms with Gasteiger partial charge in [-0.1, -0.05) is 0 Å². The van der Waals surface area contributed by atoms with Gasteiger partial charge in [-0.05, 0) is 38.7 Å². The molecule has 0 spiro atoms. The molecule has 1 aromatic heterocycles. The minimum absolute atomic E-state index is 0.505. The smallest absolute Gasteiger partial charge is 0.0702 e. The van der Waals surface area contributed by atoms with Gasteiger partial charge in [0.1, 0.15) is 0 Å². The first-order chi connectivity index (χ1) is 6.77. The largest absolute Gasteiger partial charge is 0.330 e. The van der Waals surface area contributed by atoms with Gasteiger partial charge in [0.05, 0.1) is 5.69 Å². The third kappa shape index (κ3) is 1.36. The molecule has 0 bridgehead atoms. The van der Waals surface area contributed by atoms with Crippen molar-refractivity contribution in [3.63, 3.8) is 0 Å². The first-order valence-electron chi connectivity index (χ1n) is 5.54. The molecule has 0 radical (unpaired) electrons. The van der Waals surface area contributed by atoms with Gasteiger partial charge in [0.25, 0.3) is 0 Å². The first-order valence-corrected chi connectivity index (χ1v) is 5.54. The molecular weight excluding hydrogens is 174 g/mol. The van der Waals surface area contributed by atoms with Crippen molar-refractivity contribution in [1.29, 1.82) is 0 Å². The summed E-state index contributed by atoms with van der Waals surface area (Å²) >= 11 is 0. The second-order valence-corrected chi connectivity index (χ2v) is 4.09. The summed E-state index contributed by atoms with van der Waals surface area (Å²) in [6.45, 7) is 6.03. The van der Waals surface area contributed by atoms with Crippen LogP contribution in [0, 0.1) is 6.92 Å². The average molecular weight is 193 g/mol. The molecule has 0 fully saturated rings. The fraction of sp³-hybridized carbons (Fsp3) is 0.727. The summed E-state index contributed by atoms with van der Waals surface area (Å²) < 4.78 is 2.11. The van der Waals surface area contributed by atoms with Crippen LogP contribution in [0.25, 0.3) is 0 Å². The highest BCUT2D eigenvalue weighted by atomic mass is 15.3. The van der Waals surface area contributed by atoms with Crippen LogP contribution >= 0.6 is 0 Å². The van der Waals surface area contributed by atoms with E-state index in [0.29, 0.717) is 5.92 Å². The van der Waals surface area contributed by atoms with Gasteiger partial charge in [0.2, 0.25) is 0 Å². The second-order valence-electron chi connectivity index (χ2n) is 4.09. The van der Waals surface area contributed by atoms with Gasteiger partial charge in [-0.3, -0.25) is 4.68 Å². The Morgan fingerprint density at radius 1 is 1.57 bits per heavy atom. The fourth-order valence-corrected chi connectivity index (χ4v) is 2.44. The Kier molecular flexibility index (Phi) is 2.59. The second kappa shape index (κ2) is 3.73. The molecule has 0 aromatic carbocycles. The summed E-state index contributed by atoms with van der Waals surface area (Å²) in [5, 5.41) is 4.66. The number of nitrogens with zero attached hydrogens (tertiary/aromatic N) is 2. The molecule has 0 saturated carbocycles. The Morgan fingerprint density at radius 3 is 3.00 bits per heavy atom. The maximum Gasteiger partial charge on any atom is 0.0702 e. The molecule has 1 aliphatic rings. The monoisotopic (exact) mass is 193 g/mol. The summed E-state index contributed by atoms with van der Waals surface area (Å²) in [5.74, 6) is 0.505. The van der Waals surface area contributed by atoms with Crippen LogP contribution in [-0.2, 0) is 13.0 Å². The summed E-state index contributed by atoms with van der Waals surface area (Å²) in [4.78, 5) is 0. The van der Waals surface area contributed by atoms with E-state index >= 15 is 0 Å². The molecule has 3 heteroatoms. The van der Waals surface area contributed by atoms with E-state index in [9.17, 15) is 0 Å². The van der Waals surface area contributed by atoms with E-state index in [0.717, 1.165) is 13.1 Å². The molecule has 1 aromatic rings. The van der Waals surface area contributed by atoms with Gasteiger partial charge in [-0.15, -0.1) is 0 Å². The van der Waals surface area contributed by atoms with Crippen LogP contribution in [-0.4, -0.2) is 16.3 Å². The van der Waals surface area contributed by atoms with E-state index in [1.165, 1.54) is 36.2 Å². The number of fused-ring (bicyclic) bond motifs is 1. The minimum Gasteiger partial charge on any atom is -0.330 e. The van der Waals surface area contributed by atoms with Crippen LogP contribution < -0.4 is 5.73 Å². The van der Waals surface area contributed by atoms with Crippen molar-refractivity contribution in [2.45, 2.75) is 45.6 Å². The number of nitrogens with two attached hydrogens (primary N) is 1. The van der Waals surface area contributed by atoms with Crippen LogP contribution in [0.5, 0.6) is 0 Å². The number of aromatic nitrogens is 2. The Hall–Kier alpha value is -0.830. The van der Waals surface area contributed by atoms with Crippen LogP contribution in [0.2, 0.25) is 0 Å². The SMILES string of the molecule is CCn1nc2c(c1C)CCCC2CN. The fourth-order valence-electron chi connectivity index (χ4n) is 2.44. The van der Waals surface area contributed by atoms with Gasteiger partial charge in [0.15, 0.2) is 0 Å². The molecule has 1 atom stereocenters. The predicted octanol–water partition coefficient (Wildman–Crippen LogP) is 1.59. The molecule has 1 aliphatic carbocycles. The van der Waals surface area contributed by atoms with E-state index in [1.807, 2.05) is 0 Å².